The van der Waals surface area contributed by atoms with Crippen LogP contribution in [0.15, 0.2) is 53.7 Å². The first-order valence-electron chi connectivity index (χ1n) is 6.33. The summed E-state index contributed by atoms with van der Waals surface area (Å²) in [6.45, 7) is 0. The van der Waals surface area contributed by atoms with Crippen LogP contribution in [0.2, 0.25) is 0 Å². The lowest BCUT2D eigenvalue weighted by Gasteiger charge is -2.20. The Balaban J connectivity index is 2.25. The van der Waals surface area contributed by atoms with E-state index in [4.69, 9.17) is 10.9 Å². The standard InChI is InChI=1S/C15H15F2N3O/c16-12-7-6-11(8-13(12)17)19-14(9-15(18)20-21)10-4-2-1-3-5-10/h1-8,14,19,21H,9H2,(H2,18,20). The lowest BCUT2D eigenvalue weighted by Crippen LogP contribution is -2.21. The van der Waals surface area contributed by atoms with E-state index >= 15 is 0 Å². The van der Waals surface area contributed by atoms with Gasteiger partial charge >= 0.3 is 0 Å². The molecule has 21 heavy (non-hydrogen) atoms. The van der Waals surface area contributed by atoms with Crippen LogP contribution in [0.25, 0.3) is 0 Å². The molecule has 2 aromatic carbocycles. The fraction of sp³-hybridized carbons (Fsp3) is 0.133. The van der Waals surface area contributed by atoms with Crippen molar-refractivity contribution in [2.75, 3.05) is 5.32 Å². The summed E-state index contributed by atoms with van der Waals surface area (Å²) in [7, 11) is 0. The van der Waals surface area contributed by atoms with Gasteiger partial charge in [0, 0.05) is 18.2 Å². The molecule has 0 aliphatic heterocycles. The molecule has 0 bridgehead atoms. The van der Waals surface area contributed by atoms with E-state index < -0.39 is 11.6 Å². The Morgan fingerprint density at radius 2 is 1.86 bits per heavy atom. The SMILES string of the molecule is NC(CC(Nc1ccc(F)c(F)c1)c1ccccc1)=NO. The number of hydrogen-bond acceptors (Lipinski definition) is 3. The first-order valence-corrected chi connectivity index (χ1v) is 6.33. The molecule has 4 nitrogen and oxygen atoms in total. The Bertz CT molecular complexity index is 632. The Hall–Kier alpha value is -2.63. The van der Waals surface area contributed by atoms with Gasteiger partial charge < -0.3 is 16.3 Å². The number of anilines is 1. The van der Waals surface area contributed by atoms with Crippen molar-refractivity contribution in [3.05, 3.63) is 65.7 Å². The van der Waals surface area contributed by atoms with Crippen molar-refractivity contribution in [2.24, 2.45) is 10.9 Å². The molecule has 0 amide bonds. The number of hydrogen-bond donors (Lipinski definition) is 3. The molecule has 6 heteroatoms. The van der Waals surface area contributed by atoms with E-state index in [-0.39, 0.29) is 18.3 Å². The zero-order valence-corrected chi connectivity index (χ0v) is 11.1. The maximum absolute atomic E-state index is 13.3. The third kappa shape index (κ3) is 3.92. The summed E-state index contributed by atoms with van der Waals surface area (Å²) < 4.78 is 26.2. The summed E-state index contributed by atoms with van der Waals surface area (Å²) >= 11 is 0. The van der Waals surface area contributed by atoms with Gasteiger partial charge in [-0.15, -0.1) is 0 Å². The largest absolute Gasteiger partial charge is 0.409 e. The minimum absolute atomic E-state index is 0.0407. The van der Waals surface area contributed by atoms with Crippen LogP contribution in [-0.2, 0) is 0 Å². The molecule has 2 rings (SSSR count). The number of nitrogens with zero attached hydrogens (tertiary/aromatic N) is 1. The van der Waals surface area contributed by atoms with Crippen LogP contribution in [-0.4, -0.2) is 11.0 Å². The smallest absolute Gasteiger partial charge is 0.160 e. The van der Waals surface area contributed by atoms with Gasteiger partial charge in [-0.3, -0.25) is 0 Å². The topological polar surface area (TPSA) is 70.6 Å². The Kier molecular flexibility index (Phi) is 4.71. The molecule has 0 radical (unpaired) electrons. The number of nitrogens with two attached hydrogens (primary N) is 1. The van der Waals surface area contributed by atoms with Crippen LogP contribution in [0.1, 0.15) is 18.0 Å². The van der Waals surface area contributed by atoms with Gasteiger partial charge in [-0.1, -0.05) is 35.5 Å². The van der Waals surface area contributed by atoms with Gasteiger partial charge in [0.05, 0.1) is 6.04 Å². The van der Waals surface area contributed by atoms with Gasteiger partial charge in [-0.2, -0.15) is 0 Å². The van der Waals surface area contributed by atoms with E-state index in [0.29, 0.717) is 5.69 Å². The second-order valence-corrected chi connectivity index (χ2v) is 4.53. The summed E-state index contributed by atoms with van der Waals surface area (Å²) in [6, 6.07) is 12.5. The highest BCUT2D eigenvalue weighted by Gasteiger charge is 2.14. The van der Waals surface area contributed by atoms with E-state index in [9.17, 15) is 8.78 Å². The molecule has 1 atom stereocenters. The normalized spacial score (nSPS) is 13.0. The minimum atomic E-state index is -0.935. The van der Waals surface area contributed by atoms with Crippen molar-refractivity contribution in [1.82, 2.24) is 0 Å². The van der Waals surface area contributed by atoms with Crippen LogP contribution >= 0.6 is 0 Å². The van der Waals surface area contributed by atoms with Crippen molar-refractivity contribution in [2.45, 2.75) is 12.5 Å². The molecular weight excluding hydrogens is 276 g/mol. The zero-order chi connectivity index (χ0) is 15.2. The van der Waals surface area contributed by atoms with Crippen LogP contribution in [0.4, 0.5) is 14.5 Å². The molecule has 0 saturated heterocycles. The molecule has 0 aromatic heterocycles. The predicted molar refractivity (Wildman–Crippen MR) is 77.2 cm³/mol. The van der Waals surface area contributed by atoms with Crippen molar-refractivity contribution in [3.63, 3.8) is 0 Å². The number of benzene rings is 2. The van der Waals surface area contributed by atoms with Gasteiger partial charge in [0.15, 0.2) is 11.6 Å². The van der Waals surface area contributed by atoms with Crippen molar-refractivity contribution < 1.29 is 14.0 Å². The van der Waals surface area contributed by atoms with E-state index in [1.807, 2.05) is 30.3 Å². The molecule has 1 unspecified atom stereocenters. The predicted octanol–water partition coefficient (Wildman–Crippen LogP) is 3.25. The van der Waals surface area contributed by atoms with Crippen molar-refractivity contribution in [3.8, 4) is 0 Å². The Morgan fingerprint density at radius 3 is 2.48 bits per heavy atom. The third-order valence-corrected chi connectivity index (χ3v) is 3.00. The number of nitrogens with one attached hydrogen (secondary N) is 1. The second-order valence-electron chi connectivity index (χ2n) is 4.53. The molecular formula is C15H15F2N3O. The summed E-state index contributed by atoms with van der Waals surface area (Å²) in [4.78, 5) is 0. The number of oxime groups is 1. The quantitative estimate of drug-likeness (QED) is 0.343. The maximum atomic E-state index is 13.3. The maximum Gasteiger partial charge on any atom is 0.160 e. The zero-order valence-electron chi connectivity index (χ0n) is 11.1. The summed E-state index contributed by atoms with van der Waals surface area (Å²) in [6.07, 6.45) is 0.222. The molecule has 110 valence electrons. The number of rotatable bonds is 5. The second kappa shape index (κ2) is 6.69. The Morgan fingerprint density at radius 1 is 1.14 bits per heavy atom. The van der Waals surface area contributed by atoms with Crippen LogP contribution in [0, 0.1) is 11.6 Å². The molecule has 2 aromatic rings. The monoisotopic (exact) mass is 291 g/mol. The minimum Gasteiger partial charge on any atom is -0.409 e. The van der Waals surface area contributed by atoms with Crippen LogP contribution < -0.4 is 11.1 Å². The molecule has 4 N–H and O–H groups in total. The summed E-state index contributed by atoms with van der Waals surface area (Å²) in [5.41, 5.74) is 6.84. The van der Waals surface area contributed by atoms with Crippen LogP contribution in [0.3, 0.4) is 0 Å². The lowest BCUT2D eigenvalue weighted by molar-refractivity contribution is 0.316. The number of amidine groups is 1. The van der Waals surface area contributed by atoms with Crippen LogP contribution in [0.5, 0.6) is 0 Å². The lowest BCUT2D eigenvalue weighted by atomic mass is 10.0. The van der Waals surface area contributed by atoms with E-state index in [0.717, 1.165) is 17.7 Å². The van der Waals surface area contributed by atoms with Gasteiger partial charge in [-0.25, -0.2) is 8.78 Å². The summed E-state index contributed by atoms with van der Waals surface area (Å²) in [5.74, 6) is -1.80. The average Bonchev–Trinajstić information content (AvgIpc) is 2.51. The number of halogens is 2. The highest BCUT2D eigenvalue weighted by atomic mass is 19.2. The summed E-state index contributed by atoms with van der Waals surface area (Å²) in [5, 5.41) is 14.7. The van der Waals surface area contributed by atoms with E-state index in [2.05, 4.69) is 10.5 Å². The molecule has 0 heterocycles. The molecule has 0 fully saturated rings. The van der Waals surface area contributed by atoms with Crippen molar-refractivity contribution in [1.29, 1.82) is 0 Å². The molecule has 0 spiro atoms. The highest BCUT2D eigenvalue weighted by Crippen LogP contribution is 2.23. The van der Waals surface area contributed by atoms with Crippen molar-refractivity contribution >= 4 is 11.5 Å². The molecule has 0 aliphatic carbocycles. The fourth-order valence-corrected chi connectivity index (χ4v) is 1.97. The fourth-order valence-electron chi connectivity index (χ4n) is 1.97. The van der Waals surface area contributed by atoms with Gasteiger partial charge in [-0.05, 0) is 17.7 Å². The first-order chi connectivity index (χ1) is 10.1. The van der Waals surface area contributed by atoms with E-state index in [1.165, 1.54) is 6.07 Å². The molecule has 0 saturated carbocycles. The average molecular weight is 291 g/mol. The third-order valence-electron chi connectivity index (χ3n) is 3.00. The molecule has 0 aliphatic rings. The van der Waals surface area contributed by atoms with E-state index in [1.54, 1.807) is 0 Å². The van der Waals surface area contributed by atoms with Gasteiger partial charge in [0.25, 0.3) is 0 Å². The van der Waals surface area contributed by atoms with Gasteiger partial charge in [0.2, 0.25) is 0 Å². The first kappa shape index (κ1) is 14.8. The highest BCUT2D eigenvalue weighted by molar-refractivity contribution is 5.80. The van der Waals surface area contributed by atoms with Gasteiger partial charge in [0.1, 0.15) is 5.84 Å². The Labute approximate surface area is 120 Å².